The minimum Gasteiger partial charge on any atom is -0.386 e. The molecule has 3 aromatic rings. The van der Waals surface area contributed by atoms with Gasteiger partial charge < -0.3 is 9.84 Å². The predicted molar refractivity (Wildman–Crippen MR) is 124 cm³/mol. The number of fused-ring (bicyclic) bond motifs is 1. The summed E-state index contributed by atoms with van der Waals surface area (Å²) >= 11 is 0. The molecule has 170 valence electrons. The monoisotopic (exact) mass is 455 g/mol. The average molecular weight is 456 g/mol. The predicted octanol–water partition coefficient (Wildman–Crippen LogP) is 2.68. The van der Waals surface area contributed by atoms with Gasteiger partial charge in [0.05, 0.1) is 18.1 Å². The fourth-order valence-electron chi connectivity index (χ4n) is 4.03. The molecule has 0 radical (unpaired) electrons. The molecule has 1 saturated heterocycles. The van der Waals surface area contributed by atoms with Gasteiger partial charge in [-0.25, -0.2) is 8.42 Å². The van der Waals surface area contributed by atoms with Gasteiger partial charge in [-0.2, -0.15) is 4.31 Å². The third kappa shape index (κ3) is 5.33. The third-order valence-corrected chi connectivity index (χ3v) is 7.77. The van der Waals surface area contributed by atoms with Gasteiger partial charge in [-0.3, -0.25) is 9.88 Å². The zero-order chi connectivity index (χ0) is 22.4. The number of aliphatic hydroxyl groups is 1. The lowest BCUT2D eigenvalue weighted by Crippen LogP contribution is -2.36. The lowest BCUT2D eigenvalue weighted by atomic mass is 10.1. The second kappa shape index (κ2) is 10.5. The molecule has 1 aliphatic rings. The molecule has 2 heterocycles. The van der Waals surface area contributed by atoms with Crippen molar-refractivity contribution in [2.45, 2.75) is 17.4 Å². The van der Waals surface area contributed by atoms with Crippen molar-refractivity contribution in [3.8, 4) is 0 Å². The zero-order valence-electron chi connectivity index (χ0n) is 18.0. The van der Waals surface area contributed by atoms with Crippen LogP contribution in [0.2, 0.25) is 0 Å². The van der Waals surface area contributed by atoms with E-state index >= 15 is 0 Å². The highest BCUT2D eigenvalue weighted by atomic mass is 32.2. The van der Waals surface area contributed by atoms with Crippen LogP contribution in [0.4, 0.5) is 0 Å². The Morgan fingerprint density at radius 3 is 2.69 bits per heavy atom. The first-order valence-corrected chi connectivity index (χ1v) is 12.4. The standard InChI is InChI=1S/C24H29N3O4S/c28-23(20-6-2-1-3-7-20)19-31-17-16-26-12-5-13-27(15-14-26)32(29,30)24-9-4-8-21-18-25-11-10-22(21)24/h1-4,6-11,18,23,28H,5,12-17,19H2. The summed E-state index contributed by atoms with van der Waals surface area (Å²) in [6.45, 7) is 3.84. The lowest BCUT2D eigenvalue weighted by molar-refractivity contribution is 0.0269. The van der Waals surface area contributed by atoms with Crippen LogP contribution in [0.15, 0.2) is 71.9 Å². The van der Waals surface area contributed by atoms with Gasteiger partial charge in [0.15, 0.2) is 0 Å². The SMILES string of the molecule is O=S(=O)(c1cccc2cnccc12)N1CCCN(CCOCC(O)c2ccccc2)CC1. The van der Waals surface area contributed by atoms with Crippen LogP contribution in [0.5, 0.6) is 0 Å². The smallest absolute Gasteiger partial charge is 0.243 e. The molecule has 2 aromatic carbocycles. The Labute approximate surface area is 189 Å². The highest BCUT2D eigenvalue weighted by molar-refractivity contribution is 7.89. The van der Waals surface area contributed by atoms with Crippen LogP contribution in [-0.4, -0.2) is 73.7 Å². The van der Waals surface area contributed by atoms with Crippen molar-refractivity contribution in [3.63, 3.8) is 0 Å². The molecule has 1 fully saturated rings. The first-order valence-electron chi connectivity index (χ1n) is 10.9. The summed E-state index contributed by atoms with van der Waals surface area (Å²) in [5, 5.41) is 11.7. The number of hydrogen-bond donors (Lipinski definition) is 1. The van der Waals surface area contributed by atoms with Gasteiger partial charge in [0.2, 0.25) is 10.0 Å². The lowest BCUT2D eigenvalue weighted by Gasteiger charge is -2.22. The van der Waals surface area contributed by atoms with E-state index < -0.39 is 16.1 Å². The number of rotatable bonds is 8. The second-order valence-electron chi connectivity index (χ2n) is 7.95. The van der Waals surface area contributed by atoms with Crippen molar-refractivity contribution in [3.05, 3.63) is 72.6 Å². The van der Waals surface area contributed by atoms with E-state index in [1.807, 2.05) is 36.4 Å². The molecule has 0 bridgehead atoms. The van der Waals surface area contributed by atoms with Crippen molar-refractivity contribution in [2.75, 3.05) is 45.9 Å². The molecular formula is C24H29N3O4S. The molecule has 0 amide bonds. The molecule has 1 aromatic heterocycles. The van der Waals surface area contributed by atoms with Gasteiger partial charge >= 0.3 is 0 Å². The minimum atomic E-state index is -3.59. The van der Waals surface area contributed by atoms with E-state index in [-0.39, 0.29) is 6.61 Å². The maximum Gasteiger partial charge on any atom is 0.243 e. The molecule has 1 aliphatic heterocycles. The van der Waals surface area contributed by atoms with E-state index in [0.29, 0.717) is 43.1 Å². The summed E-state index contributed by atoms with van der Waals surface area (Å²) in [5.41, 5.74) is 0.840. The van der Waals surface area contributed by atoms with E-state index in [2.05, 4.69) is 9.88 Å². The third-order valence-electron chi connectivity index (χ3n) is 5.82. The van der Waals surface area contributed by atoms with Gasteiger partial charge in [-0.15, -0.1) is 0 Å². The average Bonchev–Trinajstić information content (AvgIpc) is 3.08. The fourth-order valence-corrected chi connectivity index (χ4v) is 5.71. The van der Waals surface area contributed by atoms with Crippen LogP contribution in [0.25, 0.3) is 10.8 Å². The minimum absolute atomic E-state index is 0.244. The van der Waals surface area contributed by atoms with Gasteiger partial charge in [-0.05, 0) is 30.7 Å². The summed E-state index contributed by atoms with van der Waals surface area (Å²) in [6, 6.07) is 16.5. The van der Waals surface area contributed by atoms with Crippen LogP contribution in [-0.2, 0) is 14.8 Å². The van der Waals surface area contributed by atoms with Crippen LogP contribution >= 0.6 is 0 Å². The molecule has 4 rings (SSSR count). The number of aliphatic hydroxyl groups excluding tert-OH is 1. The summed E-state index contributed by atoms with van der Waals surface area (Å²) in [4.78, 5) is 6.65. The Kier molecular flexibility index (Phi) is 7.49. The van der Waals surface area contributed by atoms with Gasteiger partial charge in [0.1, 0.15) is 6.10 Å². The summed E-state index contributed by atoms with van der Waals surface area (Å²) in [7, 11) is -3.59. The Balaban J connectivity index is 1.31. The van der Waals surface area contributed by atoms with Crippen LogP contribution in [0.1, 0.15) is 18.1 Å². The Bertz CT molecular complexity index is 1120. The maximum atomic E-state index is 13.4. The van der Waals surface area contributed by atoms with Crippen molar-refractivity contribution in [2.24, 2.45) is 0 Å². The highest BCUT2D eigenvalue weighted by Gasteiger charge is 2.28. The van der Waals surface area contributed by atoms with Crippen molar-refractivity contribution >= 4 is 20.8 Å². The molecule has 0 saturated carbocycles. The van der Waals surface area contributed by atoms with E-state index in [1.165, 1.54) is 0 Å². The van der Waals surface area contributed by atoms with Crippen LogP contribution in [0.3, 0.4) is 0 Å². The summed E-state index contributed by atoms with van der Waals surface area (Å²) < 4.78 is 34.0. The van der Waals surface area contributed by atoms with E-state index in [9.17, 15) is 13.5 Å². The normalized spacial score (nSPS) is 17.3. The van der Waals surface area contributed by atoms with Crippen LogP contribution in [0, 0.1) is 0 Å². The molecule has 0 spiro atoms. The zero-order valence-corrected chi connectivity index (χ0v) is 18.8. The number of pyridine rings is 1. The van der Waals surface area contributed by atoms with Gasteiger partial charge in [0.25, 0.3) is 0 Å². The Morgan fingerprint density at radius 2 is 1.84 bits per heavy atom. The Hall–Kier alpha value is -2.36. The number of nitrogens with zero attached hydrogens (tertiary/aromatic N) is 3. The number of benzene rings is 2. The molecule has 8 heteroatoms. The topological polar surface area (TPSA) is 83.0 Å². The Morgan fingerprint density at radius 1 is 1.00 bits per heavy atom. The van der Waals surface area contributed by atoms with Gasteiger partial charge in [0, 0.05) is 49.3 Å². The van der Waals surface area contributed by atoms with Crippen LogP contribution < -0.4 is 0 Å². The molecule has 1 N–H and O–H groups in total. The molecule has 1 unspecified atom stereocenters. The first-order chi connectivity index (χ1) is 15.6. The number of hydrogen-bond acceptors (Lipinski definition) is 6. The largest absolute Gasteiger partial charge is 0.386 e. The maximum absolute atomic E-state index is 13.4. The summed E-state index contributed by atoms with van der Waals surface area (Å²) in [5.74, 6) is 0. The quantitative estimate of drug-likeness (QED) is 0.526. The number of aromatic nitrogens is 1. The van der Waals surface area contributed by atoms with Crippen molar-refractivity contribution < 1.29 is 18.3 Å². The second-order valence-corrected chi connectivity index (χ2v) is 9.86. The number of sulfonamides is 1. The van der Waals surface area contributed by atoms with E-state index in [1.54, 1.807) is 34.9 Å². The molecular weight excluding hydrogens is 426 g/mol. The fraction of sp³-hybridized carbons (Fsp3) is 0.375. The molecule has 7 nitrogen and oxygen atoms in total. The molecule has 0 aliphatic carbocycles. The highest BCUT2D eigenvalue weighted by Crippen LogP contribution is 2.26. The molecule has 32 heavy (non-hydrogen) atoms. The van der Waals surface area contributed by atoms with E-state index in [0.717, 1.165) is 23.9 Å². The van der Waals surface area contributed by atoms with E-state index in [4.69, 9.17) is 4.74 Å². The summed E-state index contributed by atoms with van der Waals surface area (Å²) in [6.07, 6.45) is 3.43. The van der Waals surface area contributed by atoms with Crippen molar-refractivity contribution in [1.29, 1.82) is 0 Å². The molecule has 1 atom stereocenters. The van der Waals surface area contributed by atoms with Gasteiger partial charge in [-0.1, -0.05) is 42.5 Å². The first kappa shape index (κ1) is 22.8. The van der Waals surface area contributed by atoms with Crippen molar-refractivity contribution in [1.82, 2.24) is 14.2 Å². The number of ether oxygens (including phenoxy) is 1.